The molecule has 0 radical (unpaired) electrons. The molecule has 0 saturated heterocycles. The number of nitrogens with zero attached hydrogens (tertiary/aromatic N) is 3. The van der Waals surface area contributed by atoms with Gasteiger partial charge in [0, 0.05) is 5.41 Å². The molecule has 1 aromatic heterocycles. The van der Waals surface area contributed by atoms with Crippen LogP contribution in [0.5, 0.6) is 0 Å². The van der Waals surface area contributed by atoms with E-state index in [-0.39, 0.29) is 16.5 Å². The van der Waals surface area contributed by atoms with Crippen molar-refractivity contribution in [1.82, 2.24) is 14.8 Å². The Labute approximate surface area is 111 Å². The van der Waals surface area contributed by atoms with Gasteiger partial charge in [-0.05, 0) is 36.2 Å². The van der Waals surface area contributed by atoms with Crippen LogP contribution in [0.3, 0.4) is 0 Å². The molecule has 0 fully saturated rings. The summed E-state index contributed by atoms with van der Waals surface area (Å²) in [7, 11) is 0. The van der Waals surface area contributed by atoms with Crippen molar-refractivity contribution in [2.45, 2.75) is 33.1 Å². The summed E-state index contributed by atoms with van der Waals surface area (Å²) in [6, 6.07) is 4.99. The number of halogens is 2. The summed E-state index contributed by atoms with van der Waals surface area (Å²) >= 11 is 6.02. The molecule has 0 bridgehead atoms. The van der Waals surface area contributed by atoms with Crippen LogP contribution in [0.4, 0.5) is 4.39 Å². The fourth-order valence-corrected chi connectivity index (χ4v) is 1.97. The fourth-order valence-electron chi connectivity index (χ4n) is 1.76. The minimum atomic E-state index is -0.331. The topological polar surface area (TPSA) is 30.7 Å². The van der Waals surface area contributed by atoms with Crippen LogP contribution < -0.4 is 0 Å². The average molecular weight is 268 g/mol. The molecule has 0 amide bonds. The highest BCUT2D eigenvalue weighted by molar-refractivity contribution is 6.28. The van der Waals surface area contributed by atoms with E-state index in [1.165, 1.54) is 6.07 Å². The Kier molecular flexibility index (Phi) is 3.15. The van der Waals surface area contributed by atoms with Crippen LogP contribution >= 0.6 is 11.6 Å². The van der Waals surface area contributed by atoms with E-state index in [2.05, 4.69) is 10.2 Å². The first-order chi connectivity index (χ1) is 8.30. The second-order valence-corrected chi connectivity index (χ2v) is 5.67. The van der Waals surface area contributed by atoms with Crippen molar-refractivity contribution in [3.63, 3.8) is 0 Å². The molecule has 0 atom stereocenters. The Bertz CT molecular complexity index is 584. The van der Waals surface area contributed by atoms with Crippen LogP contribution in [-0.4, -0.2) is 14.8 Å². The summed E-state index contributed by atoms with van der Waals surface area (Å²) < 4.78 is 15.6. The lowest BCUT2D eigenvalue weighted by molar-refractivity contribution is 0.526. The second kappa shape index (κ2) is 4.35. The average Bonchev–Trinajstić information content (AvgIpc) is 2.60. The molecule has 3 nitrogen and oxygen atoms in total. The van der Waals surface area contributed by atoms with Crippen molar-refractivity contribution >= 4 is 11.6 Å². The monoisotopic (exact) mass is 267 g/mol. The van der Waals surface area contributed by atoms with Crippen LogP contribution in [0.1, 0.15) is 32.2 Å². The third-order valence-electron chi connectivity index (χ3n) is 2.64. The Hall–Kier alpha value is -1.42. The SMILES string of the molecule is Cc1ccc(-n2c(Cl)nnc2C(C)(C)C)c(F)c1. The van der Waals surface area contributed by atoms with Crippen LogP contribution in [0.2, 0.25) is 5.28 Å². The van der Waals surface area contributed by atoms with Gasteiger partial charge in [-0.1, -0.05) is 26.8 Å². The molecule has 2 aromatic rings. The van der Waals surface area contributed by atoms with Crippen LogP contribution in [0, 0.1) is 12.7 Å². The second-order valence-electron chi connectivity index (χ2n) is 5.33. The molecule has 2 rings (SSSR count). The van der Waals surface area contributed by atoms with Gasteiger partial charge in [0.25, 0.3) is 0 Å². The Morgan fingerprint density at radius 2 is 1.89 bits per heavy atom. The van der Waals surface area contributed by atoms with Crippen LogP contribution in [-0.2, 0) is 5.41 Å². The number of benzene rings is 1. The fraction of sp³-hybridized carbons (Fsp3) is 0.385. The molecule has 0 aliphatic heterocycles. The Morgan fingerprint density at radius 1 is 1.22 bits per heavy atom. The molecule has 0 aliphatic rings. The van der Waals surface area contributed by atoms with Crippen molar-refractivity contribution in [1.29, 1.82) is 0 Å². The predicted molar refractivity (Wildman–Crippen MR) is 69.8 cm³/mol. The van der Waals surface area contributed by atoms with E-state index in [1.807, 2.05) is 33.8 Å². The molecule has 0 N–H and O–H groups in total. The van der Waals surface area contributed by atoms with Crippen LogP contribution in [0.15, 0.2) is 18.2 Å². The first-order valence-corrected chi connectivity index (χ1v) is 6.06. The summed E-state index contributed by atoms with van der Waals surface area (Å²) in [5.74, 6) is 0.303. The predicted octanol–water partition coefficient (Wildman–Crippen LogP) is 3.67. The number of hydrogen-bond donors (Lipinski definition) is 0. The summed E-state index contributed by atoms with van der Waals surface area (Å²) in [6.07, 6.45) is 0. The summed E-state index contributed by atoms with van der Waals surface area (Å²) in [5.41, 5.74) is 0.968. The highest BCUT2D eigenvalue weighted by atomic mass is 35.5. The third-order valence-corrected chi connectivity index (χ3v) is 2.88. The summed E-state index contributed by atoms with van der Waals surface area (Å²) in [4.78, 5) is 0. The van der Waals surface area contributed by atoms with Gasteiger partial charge >= 0.3 is 0 Å². The van der Waals surface area contributed by atoms with Crippen molar-refractivity contribution < 1.29 is 4.39 Å². The molecule has 0 aliphatic carbocycles. The van der Waals surface area contributed by atoms with E-state index in [1.54, 1.807) is 10.6 Å². The van der Waals surface area contributed by atoms with Crippen molar-refractivity contribution in [2.75, 3.05) is 0 Å². The molecule has 96 valence electrons. The van der Waals surface area contributed by atoms with Gasteiger partial charge in [0.2, 0.25) is 5.28 Å². The molecule has 5 heteroatoms. The number of rotatable bonds is 1. The lowest BCUT2D eigenvalue weighted by Gasteiger charge is -2.19. The van der Waals surface area contributed by atoms with Crippen molar-refractivity contribution in [2.24, 2.45) is 0 Å². The maximum Gasteiger partial charge on any atom is 0.229 e. The van der Waals surface area contributed by atoms with E-state index >= 15 is 0 Å². The Morgan fingerprint density at radius 3 is 2.44 bits per heavy atom. The number of aromatic nitrogens is 3. The smallest absolute Gasteiger partial charge is 0.229 e. The van der Waals surface area contributed by atoms with Gasteiger partial charge in [0.15, 0.2) is 0 Å². The first-order valence-electron chi connectivity index (χ1n) is 5.68. The molecule has 18 heavy (non-hydrogen) atoms. The number of aryl methyl sites for hydroxylation is 1. The third kappa shape index (κ3) is 2.25. The lowest BCUT2D eigenvalue weighted by Crippen LogP contribution is -2.19. The standard InChI is InChI=1S/C13H15ClFN3/c1-8-5-6-10(9(15)7-8)18-11(13(2,3)4)16-17-12(18)14/h5-7H,1-4H3. The maximum absolute atomic E-state index is 14.0. The van der Waals surface area contributed by atoms with E-state index in [9.17, 15) is 4.39 Å². The summed E-state index contributed by atoms with van der Waals surface area (Å²) in [6.45, 7) is 7.78. The minimum Gasteiger partial charge on any atom is -0.266 e. The maximum atomic E-state index is 14.0. The van der Waals surface area contributed by atoms with Gasteiger partial charge in [-0.3, -0.25) is 4.57 Å². The van der Waals surface area contributed by atoms with E-state index < -0.39 is 0 Å². The van der Waals surface area contributed by atoms with Crippen LogP contribution in [0.25, 0.3) is 5.69 Å². The zero-order valence-corrected chi connectivity index (χ0v) is 11.6. The molecule has 0 spiro atoms. The Balaban J connectivity index is 2.67. The molecular formula is C13H15ClFN3. The zero-order chi connectivity index (χ0) is 13.5. The lowest BCUT2D eigenvalue weighted by atomic mass is 9.95. The van der Waals surface area contributed by atoms with Gasteiger partial charge in [-0.2, -0.15) is 0 Å². The highest BCUT2D eigenvalue weighted by Gasteiger charge is 2.25. The quantitative estimate of drug-likeness (QED) is 0.789. The molecule has 0 unspecified atom stereocenters. The van der Waals surface area contributed by atoms with Gasteiger partial charge in [-0.15, -0.1) is 10.2 Å². The summed E-state index contributed by atoms with van der Waals surface area (Å²) in [5, 5.41) is 8.05. The van der Waals surface area contributed by atoms with E-state index in [0.717, 1.165) is 5.56 Å². The van der Waals surface area contributed by atoms with Gasteiger partial charge < -0.3 is 0 Å². The molecule has 1 aromatic carbocycles. The molecular weight excluding hydrogens is 253 g/mol. The van der Waals surface area contributed by atoms with E-state index in [4.69, 9.17) is 11.6 Å². The van der Waals surface area contributed by atoms with Crippen molar-refractivity contribution in [3.05, 3.63) is 40.7 Å². The number of hydrogen-bond acceptors (Lipinski definition) is 2. The van der Waals surface area contributed by atoms with Gasteiger partial charge in [-0.25, -0.2) is 4.39 Å². The van der Waals surface area contributed by atoms with Crippen molar-refractivity contribution in [3.8, 4) is 5.69 Å². The normalized spacial score (nSPS) is 11.9. The largest absolute Gasteiger partial charge is 0.266 e. The molecule has 0 saturated carbocycles. The zero-order valence-electron chi connectivity index (χ0n) is 10.8. The first kappa shape index (κ1) is 13.0. The van der Waals surface area contributed by atoms with Gasteiger partial charge in [0.05, 0.1) is 5.69 Å². The molecule has 1 heterocycles. The van der Waals surface area contributed by atoms with Gasteiger partial charge in [0.1, 0.15) is 11.6 Å². The van der Waals surface area contributed by atoms with E-state index in [0.29, 0.717) is 11.5 Å². The minimum absolute atomic E-state index is 0.169. The highest BCUT2D eigenvalue weighted by Crippen LogP contribution is 2.28.